The lowest BCUT2D eigenvalue weighted by molar-refractivity contribution is 0.543. The summed E-state index contributed by atoms with van der Waals surface area (Å²) in [4.78, 5) is 4.47. The molecule has 0 aliphatic carbocycles. The lowest BCUT2D eigenvalue weighted by atomic mass is 9.96. The zero-order valence-corrected chi connectivity index (χ0v) is 13.9. The Balaban J connectivity index is 2.67. The van der Waals surface area contributed by atoms with Crippen molar-refractivity contribution in [2.75, 3.05) is 12.4 Å². The number of rotatable bonds is 2. The molecule has 0 saturated heterocycles. The first kappa shape index (κ1) is 15.4. The van der Waals surface area contributed by atoms with Crippen LogP contribution in [-0.2, 0) is 5.41 Å². The maximum Gasteiger partial charge on any atom is 0.226 e. The van der Waals surface area contributed by atoms with E-state index in [1.165, 1.54) is 0 Å². The number of nitrogens with one attached hydrogen (secondary N) is 1. The Morgan fingerprint density at radius 2 is 1.65 bits per heavy atom. The van der Waals surface area contributed by atoms with Crippen LogP contribution in [0.4, 0.5) is 5.95 Å². The van der Waals surface area contributed by atoms with E-state index in [0.29, 0.717) is 32.5 Å². The van der Waals surface area contributed by atoms with E-state index in [0.717, 1.165) is 0 Å². The third-order valence-corrected chi connectivity index (χ3v) is 3.49. The molecule has 7 heteroatoms. The SMILES string of the molecule is CNc1nc(C(C)(C)C)nn1-c1c(Cl)cc(Cl)cc1Cl. The van der Waals surface area contributed by atoms with E-state index in [2.05, 4.69) is 15.4 Å². The molecule has 108 valence electrons. The molecule has 0 fully saturated rings. The molecule has 0 unspecified atom stereocenters. The molecule has 1 aromatic carbocycles. The Morgan fingerprint density at radius 1 is 1.10 bits per heavy atom. The number of halogens is 3. The highest BCUT2D eigenvalue weighted by molar-refractivity contribution is 6.40. The Bertz CT molecular complexity index is 621. The van der Waals surface area contributed by atoms with Crippen LogP contribution in [0.1, 0.15) is 26.6 Å². The summed E-state index contributed by atoms with van der Waals surface area (Å²) in [6, 6.07) is 3.25. The average molecular weight is 334 g/mol. The van der Waals surface area contributed by atoms with Crippen LogP contribution in [0.15, 0.2) is 12.1 Å². The summed E-state index contributed by atoms with van der Waals surface area (Å²) in [5, 5.41) is 8.82. The molecule has 2 rings (SSSR count). The van der Waals surface area contributed by atoms with E-state index in [-0.39, 0.29) is 5.41 Å². The van der Waals surface area contributed by atoms with Gasteiger partial charge in [0, 0.05) is 17.5 Å². The van der Waals surface area contributed by atoms with Gasteiger partial charge >= 0.3 is 0 Å². The lowest BCUT2D eigenvalue weighted by Crippen LogP contribution is -2.14. The summed E-state index contributed by atoms with van der Waals surface area (Å²) in [7, 11) is 1.77. The second-order valence-electron chi connectivity index (χ2n) is 5.39. The molecule has 1 heterocycles. The maximum absolute atomic E-state index is 6.24. The van der Waals surface area contributed by atoms with Crippen molar-refractivity contribution in [2.45, 2.75) is 26.2 Å². The first-order valence-corrected chi connectivity index (χ1v) is 7.17. The molecule has 0 amide bonds. The van der Waals surface area contributed by atoms with Crippen LogP contribution in [0.25, 0.3) is 5.69 Å². The number of benzene rings is 1. The predicted molar refractivity (Wildman–Crippen MR) is 84.6 cm³/mol. The predicted octanol–water partition coefficient (Wildman–Crippen LogP) is 4.57. The van der Waals surface area contributed by atoms with Gasteiger partial charge in [0.2, 0.25) is 5.95 Å². The topological polar surface area (TPSA) is 42.7 Å². The van der Waals surface area contributed by atoms with E-state index in [4.69, 9.17) is 34.8 Å². The van der Waals surface area contributed by atoms with Crippen molar-refractivity contribution in [2.24, 2.45) is 0 Å². The van der Waals surface area contributed by atoms with Gasteiger partial charge in [0.1, 0.15) is 5.69 Å². The van der Waals surface area contributed by atoms with Crippen molar-refractivity contribution in [3.05, 3.63) is 33.0 Å². The third kappa shape index (κ3) is 2.87. The number of anilines is 1. The van der Waals surface area contributed by atoms with Crippen molar-refractivity contribution in [3.63, 3.8) is 0 Å². The first-order valence-electron chi connectivity index (χ1n) is 6.04. The Morgan fingerprint density at radius 3 is 2.10 bits per heavy atom. The number of nitrogens with zero attached hydrogens (tertiary/aromatic N) is 3. The van der Waals surface area contributed by atoms with Crippen molar-refractivity contribution in [1.82, 2.24) is 14.8 Å². The van der Waals surface area contributed by atoms with Crippen LogP contribution in [-0.4, -0.2) is 21.8 Å². The van der Waals surface area contributed by atoms with Crippen LogP contribution in [0.3, 0.4) is 0 Å². The molecule has 4 nitrogen and oxygen atoms in total. The van der Waals surface area contributed by atoms with Crippen molar-refractivity contribution < 1.29 is 0 Å². The molecule has 2 aromatic rings. The number of aromatic nitrogens is 3. The maximum atomic E-state index is 6.24. The summed E-state index contributed by atoms with van der Waals surface area (Å²) < 4.78 is 1.60. The van der Waals surface area contributed by atoms with Gasteiger partial charge in [-0.2, -0.15) is 9.67 Å². The summed E-state index contributed by atoms with van der Waals surface area (Å²) in [5.74, 6) is 1.27. The zero-order chi connectivity index (χ0) is 15.1. The molecule has 0 aliphatic heterocycles. The van der Waals surface area contributed by atoms with E-state index in [1.807, 2.05) is 20.8 Å². The molecule has 1 aromatic heterocycles. The summed E-state index contributed by atoms with van der Waals surface area (Å²) >= 11 is 18.4. The Hall–Kier alpha value is -0.970. The highest BCUT2D eigenvalue weighted by Gasteiger charge is 2.24. The number of hydrogen-bond donors (Lipinski definition) is 1. The largest absolute Gasteiger partial charge is 0.357 e. The standard InChI is InChI=1S/C13H15Cl3N4/c1-13(2,3)11-18-12(17-4)20(19-11)10-8(15)5-7(14)6-9(10)16/h5-6H,1-4H3,(H,17,18,19). The van der Waals surface area contributed by atoms with Crippen molar-refractivity contribution >= 4 is 40.8 Å². The van der Waals surface area contributed by atoms with Gasteiger partial charge in [-0.25, -0.2) is 0 Å². The molecule has 0 saturated carbocycles. The monoisotopic (exact) mass is 332 g/mol. The van der Waals surface area contributed by atoms with E-state index >= 15 is 0 Å². The minimum absolute atomic E-state index is 0.178. The zero-order valence-electron chi connectivity index (χ0n) is 11.6. The van der Waals surface area contributed by atoms with Gasteiger partial charge in [-0.1, -0.05) is 55.6 Å². The lowest BCUT2D eigenvalue weighted by Gasteiger charge is -2.12. The molecular formula is C13H15Cl3N4. The van der Waals surface area contributed by atoms with Gasteiger partial charge in [0.15, 0.2) is 5.82 Å². The normalized spacial score (nSPS) is 11.8. The minimum atomic E-state index is -0.178. The molecule has 20 heavy (non-hydrogen) atoms. The van der Waals surface area contributed by atoms with E-state index in [1.54, 1.807) is 23.9 Å². The van der Waals surface area contributed by atoms with Crippen LogP contribution in [0.2, 0.25) is 15.1 Å². The molecule has 0 bridgehead atoms. The smallest absolute Gasteiger partial charge is 0.226 e. The second-order valence-corrected chi connectivity index (χ2v) is 6.64. The average Bonchev–Trinajstić information content (AvgIpc) is 2.71. The van der Waals surface area contributed by atoms with Gasteiger partial charge in [-0.15, -0.1) is 5.10 Å². The fourth-order valence-electron chi connectivity index (χ4n) is 1.68. The van der Waals surface area contributed by atoms with Crippen LogP contribution >= 0.6 is 34.8 Å². The van der Waals surface area contributed by atoms with Gasteiger partial charge in [-0.05, 0) is 12.1 Å². The molecule has 0 aliphatic rings. The van der Waals surface area contributed by atoms with Crippen molar-refractivity contribution in [1.29, 1.82) is 0 Å². The summed E-state index contributed by atoms with van der Waals surface area (Å²) in [6.45, 7) is 6.12. The van der Waals surface area contributed by atoms with Gasteiger partial charge in [0.05, 0.1) is 10.0 Å². The van der Waals surface area contributed by atoms with Crippen molar-refractivity contribution in [3.8, 4) is 5.69 Å². The quantitative estimate of drug-likeness (QED) is 0.875. The Labute approximate surface area is 133 Å². The van der Waals surface area contributed by atoms with Gasteiger partial charge in [0.25, 0.3) is 0 Å². The highest BCUT2D eigenvalue weighted by Crippen LogP contribution is 2.34. The first-order chi connectivity index (χ1) is 9.24. The molecule has 1 N–H and O–H groups in total. The van der Waals surface area contributed by atoms with E-state index in [9.17, 15) is 0 Å². The van der Waals surface area contributed by atoms with Gasteiger partial charge in [-0.3, -0.25) is 0 Å². The minimum Gasteiger partial charge on any atom is -0.357 e. The fourth-order valence-corrected chi connectivity index (χ4v) is 2.66. The molecular weight excluding hydrogens is 319 g/mol. The second kappa shape index (κ2) is 5.43. The number of hydrogen-bond acceptors (Lipinski definition) is 3. The fraction of sp³-hybridized carbons (Fsp3) is 0.385. The molecule has 0 radical (unpaired) electrons. The molecule has 0 atom stereocenters. The third-order valence-electron chi connectivity index (χ3n) is 2.70. The molecule has 0 spiro atoms. The summed E-state index contributed by atoms with van der Waals surface area (Å²) in [5.41, 5.74) is 0.382. The van der Waals surface area contributed by atoms with Crippen LogP contribution < -0.4 is 5.32 Å². The van der Waals surface area contributed by atoms with Crippen LogP contribution in [0, 0.1) is 0 Å². The summed E-state index contributed by atoms with van der Waals surface area (Å²) in [6.07, 6.45) is 0. The van der Waals surface area contributed by atoms with Crippen LogP contribution in [0.5, 0.6) is 0 Å². The highest BCUT2D eigenvalue weighted by atomic mass is 35.5. The van der Waals surface area contributed by atoms with Gasteiger partial charge < -0.3 is 5.32 Å². The Kier molecular flexibility index (Phi) is 4.19. The van der Waals surface area contributed by atoms with E-state index < -0.39 is 0 Å².